The fourth-order valence-corrected chi connectivity index (χ4v) is 1.81. The lowest BCUT2D eigenvalue weighted by molar-refractivity contribution is -0.134. The molecule has 0 spiro atoms. The molecular weight excluding hydrogens is 354 g/mol. The van der Waals surface area contributed by atoms with Gasteiger partial charge in [0, 0.05) is 29.6 Å². The van der Waals surface area contributed by atoms with Crippen LogP contribution in [0, 0.1) is 11.3 Å². The molecular formula is C17H15N5O5. The van der Waals surface area contributed by atoms with Crippen molar-refractivity contribution in [1.29, 1.82) is 5.26 Å². The molecule has 0 aliphatic rings. The Morgan fingerprint density at radius 2 is 1.70 bits per heavy atom. The molecule has 1 aromatic heterocycles. The summed E-state index contributed by atoms with van der Waals surface area (Å²) in [6, 6.07) is 12.2. The number of hydrogen-bond donors (Lipinski definition) is 4. The average molecular weight is 369 g/mol. The lowest BCUT2D eigenvalue weighted by Gasteiger charge is -2.05. The molecule has 0 aliphatic carbocycles. The monoisotopic (exact) mass is 369 g/mol. The van der Waals surface area contributed by atoms with E-state index >= 15 is 0 Å². The predicted octanol–water partition coefficient (Wildman–Crippen LogP) is 0.474. The lowest BCUT2D eigenvalue weighted by atomic mass is 10.2. The SMILES string of the molecule is N#Cc1cccn1-c1cccc(C(=O)N=C(N)N)c1.O=C(O)/C=C/C(=O)O. The molecule has 138 valence electrons. The molecule has 0 atom stereocenters. The number of aromatic nitrogens is 1. The standard InChI is InChI=1S/C13H11N5O.C4H4O4/c14-8-11-5-2-6-18(11)10-4-1-3-9(7-10)12(19)17-13(15)16;5-3(6)1-2-4(7)8/h1-7H,(H4,15,16,17,19);1-2H,(H,5,6)(H,7,8)/b;2-1+. The number of carboxylic acid groups (broad SMARTS) is 2. The molecule has 0 saturated carbocycles. The van der Waals surface area contributed by atoms with Gasteiger partial charge < -0.3 is 26.2 Å². The minimum atomic E-state index is -1.26. The fourth-order valence-electron chi connectivity index (χ4n) is 1.81. The van der Waals surface area contributed by atoms with Crippen molar-refractivity contribution in [3.63, 3.8) is 0 Å². The van der Waals surface area contributed by atoms with Crippen LogP contribution >= 0.6 is 0 Å². The first-order valence-electron chi connectivity index (χ1n) is 7.20. The van der Waals surface area contributed by atoms with E-state index < -0.39 is 17.8 Å². The molecule has 10 heteroatoms. The summed E-state index contributed by atoms with van der Waals surface area (Å²) in [5, 5.41) is 24.6. The summed E-state index contributed by atoms with van der Waals surface area (Å²) in [4.78, 5) is 34.3. The predicted molar refractivity (Wildman–Crippen MR) is 95.0 cm³/mol. The number of carbonyl (C=O) groups excluding carboxylic acids is 1. The Bertz CT molecular complexity index is 933. The summed E-state index contributed by atoms with van der Waals surface area (Å²) in [6.45, 7) is 0. The van der Waals surface area contributed by atoms with E-state index in [1.165, 1.54) is 0 Å². The zero-order valence-corrected chi connectivity index (χ0v) is 13.8. The molecule has 2 aromatic rings. The van der Waals surface area contributed by atoms with Gasteiger partial charge in [0.2, 0.25) is 0 Å². The highest BCUT2D eigenvalue weighted by molar-refractivity contribution is 6.02. The van der Waals surface area contributed by atoms with Crippen LogP contribution in [-0.2, 0) is 9.59 Å². The molecule has 1 aromatic carbocycles. The van der Waals surface area contributed by atoms with Crippen molar-refractivity contribution in [2.75, 3.05) is 0 Å². The maximum atomic E-state index is 11.7. The zero-order valence-electron chi connectivity index (χ0n) is 13.8. The van der Waals surface area contributed by atoms with E-state index in [0.717, 1.165) is 0 Å². The highest BCUT2D eigenvalue weighted by Gasteiger charge is 2.08. The smallest absolute Gasteiger partial charge is 0.328 e. The van der Waals surface area contributed by atoms with Crippen molar-refractivity contribution >= 4 is 23.8 Å². The molecule has 0 bridgehead atoms. The van der Waals surface area contributed by atoms with Crippen LogP contribution < -0.4 is 11.5 Å². The number of rotatable bonds is 4. The average Bonchev–Trinajstić information content (AvgIpc) is 3.09. The van der Waals surface area contributed by atoms with Gasteiger partial charge in [-0.2, -0.15) is 10.3 Å². The van der Waals surface area contributed by atoms with Crippen molar-refractivity contribution in [3.8, 4) is 11.8 Å². The Balaban J connectivity index is 0.000000387. The largest absolute Gasteiger partial charge is 0.478 e. The van der Waals surface area contributed by atoms with Gasteiger partial charge in [0.15, 0.2) is 5.96 Å². The maximum absolute atomic E-state index is 11.7. The second-order valence-electron chi connectivity index (χ2n) is 4.78. The lowest BCUT2D eigenvalue weighted by Crippen LogP contribution is -2.24. The molecule has 0 fully saturated rings. The third-order valence-corrected chi connectivity index (χ3v) is 2.83. The molecule has 1 amide bonds. The number of amides is 1. The summed E-state index contributed by atoms with van der Waals surface area (Å²) in [5.74, 6) is -3.32. The number of nitrogens with two attached hydrogens (primary N) is 2. The van der Waals surface area contributed by atoms with Crippen LogP contribution in [0.25, 0.3) is 5.69 Å². The second kappa shape index (κ2) is 9.80. The van der Waals surface area contributed by atoms with Gasteiger partial charge in [-0.15, -0.1) is 0 Å². The number of guanidine groups is 1. The summed E-state index contributed by atoms with van der Waals surface area (Å²) in [7, 11) is 0. The van der Waals surface area contributed by atoms with E-state index in [1.54, 1.807) is 47.2 Å². The van der Waals surface area contributed by atoms with Crippen molar-refractivity contribution in [3.05, 3.63) is 66.0 Å². The number of aliphatic imine (C=N–C) groups is 1. The number of benzene rings is 1. The van der Waals surface area contributed by atoms with E-state index in [0.29, 0.717) is 29.1 Å². The van der Waals surface area contributed by atoms with Crippen LogP contribution in [-0.4, -0.2) is 38.6 Å². The van der Waals surface area contributed by atoms with Crippen molar-refractivity contribution in [2.45, 2.75) is 0 Å². The second-order valence-corrected chi connectivity index (χ2v) is 4.78. The van der Waals surface area contributed by atoms with Gasteiger partial charge in [0.05, 0.1) is 0 Å². The van der Waals surface area contributed by atoms with Gasteiger partial charge in [-0.05, 0) is 30.3 Å². The molecule has 0 saturated heterocycles. The van der Waals surface area contributed by atoms with Gasteiger partial charge in [-0.3, -0.25) is 4.79 Å². The van der Waals surface area contributed by atoms with Crippen LogP contribution in [0.4, 0.5) is 0 Å². The molecule has 1 heterocycles. The van der Waals surface area contributed by atoms with E-state index in [2.05, 4.69) is 11.1 Å². The summed E-state index contributed by atoms with van der Waals surface area (Å²) in [5.41, 5.74) is 11.9. The number of carboxylic acids is 2. The summed E-state index contributed by atoms with van der Waals surface area (Å²) >= 11 is 0. The molecule has 0 radical (unpaired) electrons. The number of aliphatic carboxylic acids is 2. The van der Waals surface area contributed by atoms with E-state index in [9.17, 15) is 14.4 Å². The Kier molecular flexibility index (Phi) is 7.49. The Labute approximate surface area is 153 Å². The van der Waals surface area contributed by atoms with Crippen LogP contribution in [0.15, 0.2) is 59.7 Å². The van der Waals surface area contributed by atoms with Gasteiger partial charge in [0.25, 0.3) is 5.91 Å². The first kappa shape index (κ1) is 20.7. The Hall–Kier alpha value is -4.39. The maximum Gasteiger partial charge on any atom is 0.328 e. The molecule has 10 nitrogen and oxygen atoms in total. The number of nitrogens with zero attached hydrogens (tertiary/aromatic N) is 3. The topological polar surface area (TPSA) is 185 Å². The minimum absolute atomic E-state index is 0.283. The van der Waals surface area contributed by atoms with Gasteiger partial charge in [-0.1, -0.05) is 6.07 Å². The molecule has 27 heavy (non-hydrogen) atoms. The Morgan fingerprint density at radius 3 is 2.22 bits per heavy atom. The van der Waals surface area contributed by atoms with Gasteiger partial charge in [-0.25, -0.2) is 9.59 Å². The van der Waals surface area contributed by atoms with E-state index in [4.69, 9.17) is 26.9 Å². The van der Waals surface area contributed by atoms with Crippen LogP contribution in [0.5, 0.6) is 0 Å². The third-order valence-electron chi connectivity index (χ3n) is 2.83. The first-order valence-corrected chi connectivity index (χ1v) is 7.20. The fraction of sp³-hybridized carbons (Fsp3) is 0. The number of carbonyl (C=O) groups is 3. The number of nitriles is 1. The normalized spacial score (nSPS) is 9.59. The first-order chi connectivity index (χ1) is 12.7. The highest BCUT2D eigenvalue weighted by Crippen LogP contribution is 2.14. The van der Waals surface area contributed by atoms with Crippen LogP contribution in [0.1, 0.15) is 16.1 Å². The van der Waals surface area contributed by atoms with Crippen molar-refractivity contribution in [1.82, 2.24) is 4.57 Å². The zero-order chi connectivity index (χ0) is 20.4. The number of hydrogen-bond acceptors (Lipinski definition) is 4. The Morgan fingerprint density at radius 1 is 1.07 bits per heavy atom. The van der Waals surface area contributed by atoms with Gasteiger partial charge in [0.1, 0.15) is 11.8 Å². The molecule has 0 unspecified atom stereocenters. The quantitative estimate of drug-likeness (QED) is 0.340. The molecule has 6 N–H and O–H groups in total. The van der Waals surface area contributed by atoms with E-state index in [-0.39, 0.29) is 5.96 Å². The summed E-state index contributed by atoms with van der Waals surface area (Å²) in [6.07, 6.45) is 2.85. The van der Waals surface area contributed by atoms with Crippen molar-refractivity contribution < 1.29 is 24.6 Å². The van der Waals surface area contributed by atoms with Crippen LogP contribution in [0.3, 0.4) is 0 Å². The summed E-state index contributed by atoms with van der Waals surface area (Å²) < 4.78 is 1.67. The van der Waals surface area contributed by atoms with E-state index in [1.807, 2.05) is 0 Å². The van der Waals surface area contributed by atoms with Crippen molar-refractivity contribution in [2.24, 2.45) is 16.5 Å². The molecule has 2 rings (SSSR count). The highest BCUT2D eigenvalue weighted by atomic mass is 16.4. The third kappa shape index (κ3) is 6.94. The van der Waals surface area contributed by atoms with Gasteiger partial charge >= 0.3 is 11.9 Å². The van der Waals surface area contributed by atoms with Crippen LogP contribution in [0.2, 0.25) is 0 Å². The minimum Gasteiger partial charge on any atom is -0.478 e. The molecule has 0 aliphatic heterocycles.